The number of hydrogen-bond acceptors (Lipinski definition) is 8. The van der Waals surface area contributed by atoms with Gasteiger partial charge in [-0.3, -0.25) is 4.79 Å². The van der Waals surface area contributed by atoms with Crippen molar-refractivity contribution in [3.05, 3.63) is 71.5 Å². The number of halogens is 1. The number of nitrogen functional groups attached to an aromatic ring is 1. The van der Waals surface area contributed by atoms with Crippen LogP contribution in [0.25, 0.3) is 11.1 Å². The summed E-state index contributed by atoms with van der Waals surface area (Å²) in [7, 11) is 0. The van der Waals surface area contributed by atoms with E-state index in [0.717, 1.165) is 73.8 Å². The molecule has 9 nitrogen and oxygen atoms in total. The van der Waals surface area contributed by atoms with Crippen molar-refractivity contribution in [2.24, 2.45) is 0 Å². The lowest BCUT2D eigenvalue weighted by Gasteiger charge is -2.30. The van der Waals surface area contributed by atoms with Crippen LogP contribution >= 0.6 is 0 Å². The third kappa shape index (κ3) is 8.24. The van der Waals surface area contributed by atoms with Crippen LogP contribution in [0.15, 0.2) is 54.6 Å². The van der Waals surface area contributed by atoms with E-state index < -0.39 is 0 Å². The maximum absolute atomic E-state index is 14.6. The quantitative estimate of drug-likeness (QED) is 0.0841. The zero-order valence-electron chi connectivity index (χ0n) is 24.4. The normalized spacial score (nSPS) is 17.3. The zero-order chi connectivity index (χ0) is 30.0. The molecule has 2 aliphatic heterocycles. The second-order valence-electron chi connectivity index (χ2n) is 11.1. The first-order valence-electron chi connectivity index (χ1n) is 15.0. The minimum absolute atomic E-state index is 0.100. The Balaban J connectivity index is 1.35. The van der Waals surface area contributed by atoms with Gasteiger partial charge in [0.05, 0.1) is 0 Å². The van der Waals surface area contributed by atoms with E-state index in [1.54, 1.807) is 6.07 Å². The molecular weight excluding hydrogens is 547 g/mol. The summed E-state index contributed by atoms with van der Waals surface area (Å²) in [5.74, 6) is 0.949. The molecule has 228 valence electrons. The number of nitrogens with one attached hydrogen (secondary N) is 4. The molecule has 0 radical (unpaired) electrons. The van der Waals surface area contributed by atoms with Crippen molar-refractivity contribution in [1.82, 2.24) is 16.0 Å². The fourth-order valence-electron chi connectivity index (χ4n) is 5.65. The molecule has 0 aliphatic carbocycles. The fraction of sp³-hybridized carbons (Fsp3) is 0.394. The van der Waals surface area contributed by atoms with Gasteiger partial charge in [-0.05, 0) is 61.2 Å². The summed E-state index contributed by atoms with van der Waals surface area (Å²) in [4.78, 5) is 13.1. The van der Waals surface area contributed by atoms with Crippen molar-refractivity contribution in [2.45, 2.75) is 37.9 Å². The molecule has 10 heteroatoms. The summed E-state index contributed by atoms with van der Waals surface area (Å²) >= 11 is 0. The number of amides is 1. The van der Waals surface area contributed by atoms with Crippen molar-refractivity contribution >= 4 is 24.0 Å². The van der Waals surface area contributed by atoms with E-state index in [1.807, 2.05) is 30.3 Å². The van der Waals surface area contributed by atoms with Crippen molar-refractivity contribution in [3.8, 4) is 22.6 Å². The number of carbonyl (C=O) groups excluding carboxylic acids is 1. The fourth-order valence-corrected chi connectivity index (χ4v) is 5.65. The number of benzene rings is 3. The molecule has 5 rings (SSSR count). The Hall–Kier alpha value is -4.15. The summed E-state index contributed by atoms with van der Waals surface area (Å²) in [6.07, 6.45) is 4.70. The van der Waals surface area contributed by atoms with Crippen LogP contribution in [0.5, 0.6) is 11.5 Å². The molecule has 0 bridgehead atoms. The molecule has 0 aromatic heterocycles. The first-order valence-corrected chi connectivity index (χ1v) is 15.0. The van der Waals surface area contributed by atoms with Crippen molar-refractivity contribution in [3.63, 3.8) is 0 Å². The molecule has 1 amide bonds. The van der Waals surface area contributed by atoms with Crippen LogP contribution in [0, 0.1) is 11.2 Å². The molecule has 6 N–H and O–H groups in total. The molecule has 3 aromatic carbocycles. The van der Waals surface area contributed by atoms with Crippen LogP contribution in [0.3, 0.4) is 0 Å². The van der Waals surface area contributed by atoms with E-state index in [2.05, 4.69) is 33.0 Å². The van der Waals surface area contributed by atoms with Gasteiger partial charge in [0.2, 0.25) is 6.41 Å². The minimum atomic E-state index is -0.332. The van der Waals surface area contributed by atoms with Gasteiger partial charge in [-0.2, -0.15) is 0 Å². The number of anilines is 2. The Labute approximate surface area is 252 Å². The molecule has 43 heavy (non-hydrogen) atoms. The SMILES string of the molecule is N=Cc1ccc(-c2cc(CCC(CCNC=O)Oc3cc(F)cc(N4CCNCC4)c3)ccc2O[C@H]2CCNC2)cc1N. The molecule has 0 spiro atoms. The number of ether oxygens (including phenoxy) is 2. The second-order valence-corrected chi connectivity index (χ2v) is 11.1. The van der Waals surface area contributed by atoms with Gasteiger partial charge in [-0.15, -0.1) is 0 Å². The lowest BCUT2D eigenvalue weighted by molar-refractivity contribution is -0.109. The number of aryl methyl sites for hydroxylation is 1. The Morgan fingerprint density at radius 2 is 1.93 bits per heavy atom. The predicted octanol–water partition coefficient (Wildman–Crippen LogP) is 3.74. The molecule has 2 heterocycles. The lowest BCUT2D eigenvalue weighted by Crippen LogP contribution is -2.43. The highest BCUT2D eigenvalue weighted by atomic mass is 19.1. The Morgan fingerprint density at radius 3 is 2.67 bits per heavy atom. The van der Waals surface area contributed by atoms with E-state index in [-0.39, 0.29) is 18.0 Å². The summed E-state index contributed by atoms with van der Waals surface area (Å²) in [6, 6.07) is 16.8. The molecular formula is C33H41FN6O3. The zero-order valence-corrected chi connectivity index (χ0v) is 24.4. The van der Waals surface area contributed by atoms with E-state index >= 15 is 0 Å². The van der Waals surface area contributed by atoms with Crippen molar-refractivity contribution in [1.29, 1.82) is 5.41 Å². The lowest BCUT2D eigenvalue weighted by atomic mass is 9.97. The van der Waals surface area contributed by atoms with Crippen LogP contribution in [-0.4, -0.2) is 70.6 Å². The Kier molecular flexibility index (Phi) is 10.5. The molecule has 0 saturated carbocycles. The molecule has 3 aromatic rings. The van der Waals surface area contributed by atoms with Crippen molar-refractivity contribution < 1.29 is 18.7 Å². The maximum atomic E-state index is 14.6. The van der Waals surface area contributed by atoms with Gasteiger partial charge in [0, 0.05) is 86.5 Å². The Bertz CT molecular complexity index is 1390. The standard InChI is InChI=1S/C33H41FN6O3/c34-26-17-27(40-13-11-37-12-14-40)19-30(18-26)42-28(7-10-39-22-41)5-1-23-2-6-33(43-29-8-9-38-21-29)31(15-23)24-3-4-25(20-35)32(36)16-24/h2-4,6,15-20,22,28-29,35,37-38H,1,5,7-14,21,36H2,(H,39,41)/t28?,29-/m0/s1. The molecule has 1 unspecified atom stereocenters. The smallest absolute Gasteiger partial charge is 0.207 e. The molecule has 2 aliphatic rings. The summed E-state index contributed by atoms with van der Waals surface area (Å²) in [5, 5.41) is 17.0. The van der Waals surface area contributed by atoms with Gasteiger partial charge >= 0.3 is 0 Å². The van der Waals surface area contributed by atoms with Crippen molar-refractivity contribution in [2.75, 3.05) is 56.4 Å². The van der Waals surface area contributed by atoms with E-state index in [4.69, 9.17) is 20.6 Å². The topological polar surface area (TPSA) is 125 Å². The number of nitrogens with two attached hydrogens (primary N) is 1. The highest BCUT2D eigenvalue weighted by Crippen LogP contribution is 2.35. The highest BCUT2D eigenvalue weighted by Gasteiger charge is 2.20. The number of piperazine rings is 1. The average Bonchev–Trinajstić information content (AvgIpc) is 3.54. The van der Waals surface area contributed by atoms with Gasteiger partial charge in [0.1, 0.15) is 29.5 Å². The second kappa shape index (κ2) is 14.8. The number of nitrogens with zero attached hydrogens (tertiary/aromatic N) is 1. The predicted molar refractivity (Wildman–Crippen MR) is 169 cm³/mol. The summed E-state index contributed by atoms with van der Waals surface area (Å²) < 4.78 is 27.4. The maximum Gasteiger partial charge on any atom is 0.207 e. The van der Waals surface area contributed by atoms with E-state index in [1.165, 1.54) is 12.3 Å². The third-order valence-corrected chi connectivity index (χ3v) is 8.00. The number of hydrogen-bond donors (Lipinski definition) is 5. The number of carbonyl (C=O) groups is 1. The minimum Gasteiger partial charge on any atom is -0.490 e. The van der Waals surface area contributed by atoms with Crippen LogP contribution in [0.1, 0.15) is 30.4 Å². The highest BCUT2D eigenvalue weighted by molar-refractivity contribution is 5.87. The Morgan fingerprint density at radius 1 is 1.07 bits per heavy atom. The van der Waals surface area contributed by atoms with Gasteiger partial charge in [0.15, 0.2) is 0 Å². The van der Waals surface area contributed by atoms with Crippen LogP contribution in [0.4, 0.5) is 15.8 Å². The van der Waals surface area contributed by atoms with Crippen LogP contribution in [0.2, 0.25) is 0 Å². The third-order valence-electron chi connectivity index (χ3n) is 8.00. The molecule has 2 atom stereocenters. The average molecular weight is 589 g/mol. The first kappa shape index (κ1) is 30.3. The molecule has 2 saturated heterocycles. The summed E-state index contributed by atoms with van der Waals surface area (Å²) in [5.41, 5.74) is 11.2. The van der Waals surface area contributed by atoms with E-state index in [9.17, 15) is 9.18 Å². The van der Waals surface area contributed by atoms with Crippen LogP contribution in [-0.2, 0) is 11.2 Å². The largest absolute Gasteiger partial charge is 0.490 e. The summed E-state index contributed by atoms with van der Waals surface area (Å²) in [6.45, 7) is 5.53. The monoisotopic (exact) mass is 588 g/mol. The van der Waals surface area contributed by atoms with Gasteiger partial charge in [-0.1, -0.05) is 18.2 Å². The molecule has 2 fully saturated rings. The first-order chi connectivity index (χ1) is 21.0. The van der Waals surface area contributed by atoms with Gasteiger partial charge in [-0.25, -0.2) is 4.39 Å². The van der Waals surface area contributed by atoms with Crippen LogP contribution < -0.4 is 36.1 Å². The van der Waals surface area contributed by atoms with E-state index in [0.29, 0.717) is 49.2 Å². The van der Waals surface area contributed by atoms with Gasteiger partial charge < -0.3 is 41.5 Å². The van der Waals surface area contributed by atoms with Gasteiger partial charge in [0.25, 0.3) is 0 Å². The number of rotatable bonds is 14.